The molecule has 2 N–H and O–H groups in total. The molecule has 0 saturated heterocycles. The Balaban J connectivity index is 2.32. The number of carbonyl (C=O) groups is 3. The molecule has 1 aromatic heterocycles. The molecule has 1 aromatic rings. The molecule has 0 radical (unpaired) electrons. The lowest BCUT2D eigenvalue weighted by atomic mass is 9.88. The van der Waals surface area contributed by atoms with E-state index in [0.717, 1.165) is 41.9 Å². The van der Waals surface area contributed by atoms with E-state index in [4.69, 9.17) is 9.84 Å². The van der Waals surface area contributed by atoms with Crippen LogP contribution in [0.25, 0.3) is 0 Å². The van der Waals surface area contributed by atoms with Gasteiger partial charge in [-0.15, -0.1) is 11.3 Å². The fraction of sp³-hybridized carbons (Fsp3) is 0.438. The number of ether oxygens (including phenoxy) is 1. The number of hydrogen-bond donors (Lipinski definition) is 2. The molecule has 1 aliphatic carbocycles. The van der Waals surface area contributed by atoms with E-state index in [-0.39, 0.29) is 6.61 Å². The van der Waals surface area contributed by atoms with E-state index in [1.54, 1.807) is 6.92 Å². The summed E-state index contributed by atoms with van der Waals surface area (Å²) in [6.07, 6.45) is 4.32. The predicted octanol–water partition coefficient (Wildman–Crippen LogP) is 2.63. The quantitative estimate of drug-likeness (QED) is 0.636. The molecule has 0 unspecified atom stereocenters. The lowest BCUT2D eigenvalue weighted by molar-refractivity contribution is -0.131. The Hall–Kier alpha value is -2.15. The third-order valence-corrected chi connectivity index (χ3v) is 4.78. The second-order valence-electron chi connectivity index (χ2n) is 5.44. The lowest BCUT2D eigenvalue weighted by Crippen LogP contribution is -2.15. The van der Waals surface area contributed by atoms with E-state index in [1.807, 2.05) is 0 Å². The number of esters is 1. The first-order chi connectivity index (χ1) is 10.9. The average molecular weight is 337 g/mol. The number of thiophene rings is 1. The molecule has 0 saturated carbocycles. The van der Waals surface area contributed by atoms with Gasteiger partial charge in [0.05, 0.1) is 12.2 Å². The van der Waals surface area contributed by atoms with Gasteiger partial charge in [0, 0.05) is 17.0 Å². The van der Waals surface area contributed by atoms with Crippen molar-refractivity contribution >= 4 is 34.2 Å². The van der Waals surface area contributed by atoms with Crippen LogP contribution in [0, 0.1) is 5.92 Å². The molecule has 0 bridgehead atoms. The van der Waals surface area contributed by atoms with Crippen molar-refractivity contribution in [2.24, 2.45) is 5.92 Å². The number of nitrogens with one attached hydrogen (secondary N) is 1. The van der Waals surface area contributed by atoms with E-state index in [0.29, 0.717) is 16.5 Å². The number of fused-ring (bicyclic) bond motifs is 1. The predicted molar refractivity (Wildman–Crippen MR) is 86.9 cm³/mol. The average Bonchev–Trinajstić information content (AvgIpc) is 2.82. The van der Waals surface area contributed by atoms with Crippen molar-refractivity contribution in [3.05, 3.63) is 28.2 Å². The van der Waals surface area contributed by atoms with Crippen LogP contribution in [-0.2, 0) is 27.2 Å². The monoisotopic (exact) mass is 337 g/mol. The number of aliphatic carboxylic acids is 1. The summed E-state index contributed by atoms with van der Waals surface area (Å²) in [6, 6.07) is 0. The first-order valence-corrected chi connectivity index (χ1v) is 8.27. The largest absolute Gasteiger partial charge is 0.478 e. The van der Waals surface area contributed by atoms with E-state index >= 15 is 0 Å². The molecule has 7 heteroatoms. The molecule has 23 heavy (non-hydrogen) atoms. The van der Waals surface area contributed by atoms with E-state index in [9.17, 15) is 14.4 Å². The molecule has 1 aliphatic rings. The second kappa shape index (κ2) is 7.41. The summed E-state index contributed by atoms with van der Waals surface area (Å²) < 4.78 is 5.10. The first kappa shape index (κ1) is 17.2. The van der Waals surface area contributed by atoms with Gasteiger partial charge in [-0.25, -0.2) is 9.59 Å². The van der Waals surface area contributed by atoms with Crippen LogP contribution in [0.3, 0.4) is 0 Å². The highest BCUT2D eigenvalue weighted by molar-refractivity contribution is 7.17. The molecular weight excluding hydrogens is 318 g/mol. The Morgan fingerprint density at radius 3 is 2.78 bits per heavy atom. The number of hydrogen-bond acceptors (Lipinski definition) is 5. The van der Waals surface area contributed by atoms with Gasteiger partial charge >= 0.3 is 11.9 Å². The van der Waals surface area contributed by atoms with Gasteiger partial charge in [0.15, 0.2) is 0 Å². The summed E-state index contributed by atoms with van der Waals surface area (Å²) in [4.78, 5) is 35.6. The molecule has 1 heterocycles. The van der Waals surface area contributed by atoms with Crippen LogP contribution in [0.15, 0.2) is 12.2 Å². The van der Waals surface area contributed by atoms with Gasteiger partial charge in [0.1, 0.15) is 5.00 Å². The number of carboxylic acids is 1. The second-order valence-corrected chi connectivity index (χ2v) is 6.54. The summed E-state index contributed by atoms with van der Waals surface area (Å²) in [7, 11) is 0. The lowest BCUT2D eigenvalue weighted by Gasteiger charge is -2.18. The van der Waals surface area contributed by atoms with Crippen LogP contribution in [0.5, 0.6) is 0 Å². The zero-order chi connectivity index (χ0) is 17.0. The molecule has 6 nitrogen and oxygen atoms in total. The van der Waals surface area contributed by atoms with Gasteiger partial charge in [-0.3, -0.25) is 4.79 Å². The van der Waals surface area contributed by atoms with E-state index < -0.39 is 17.8 Å². The molecule has 0 spiro atoms. The molecule has 124 valence electrons. The molecule has 0 aromatic carbocycles. The number of amides is 1. The number of rotatable bonds is 5. The Morgan fingerprint density at radius 2 is 2.13 bits per heavy atom. The van der Waals surface area contributed by atoms with Crippen LogP contribution in [0.4, 0.5) is 5.00 Å². The summed E-state index contributed by atoms with van der Waals surface area (Å²) >= 11 is 1.37. The van der Waals surface area contributed by atoms with Crippen LogP contribution in [-0.4, -0.2) is 29.6 Å². The van der Waals surface area contributed by atoms with Crippen molar-refractivity contribution in [3.8, 4) is 0 Å². The minimum atomic E-state index is -1.20. The molecular formula is C16H19NO5S. The minimum absolute atomic E-state index is 0.256. The van der Waals surface area contributed by atoms with Crippen LogP contribution in [0.1, 0.15) is 41.1 Å². The minimum Gasteiger partial charge on any atom is -0.478 e. The molecule has 1 amide bonds. The van der Waals surface area contributed by atoms with Crippen molar-refractivity contribution in [3.63, 3.8) is 0 Å². The number of carboxylic acid groups (broad SMARTS) is 1. The van der Waals surface area contributed by atoms with Gasteiger partial charge in [-0.2, -0.15) is 0 Å². The standard InChI is InChI=1S/C16H19NO5S/c1-3-22-16(21)14-10-5-4-9(2)8-11(10)23-15(14)17-12(18)6-7-13(19)20/h6-7,9H,3-5,8H2,1-2H3,(H,17,18)(H,19,20)/b7-6+/t9-/m0/s1. The fourth-order valence-electron chi connectivity index (χ4n) is 2.56. The maximum absolute atomic E-state index is 12.2. The van der Waals surface area contributed by atoms with Crippen LogP contribution < -0.4 is 5.32 Å². The summed E-state index contributed by atoms with van der Waals surface area (Å²) in [5, 5.41) is 11.6. The summed E-state index contributed by atoms with van der Waals surface area (Å²) in [5.74, 6) is -1.70. The number of anilines is 1. The SMILES string of the molecule is CCOC(=O)c1c(NC(=O)/C=C/C(=O)O)sc2c1CC[C@H](C)C2. The van der Waals surface area contributed by atoms with Gasteiger partial charge < -0.3 is 15.2 Å². The van der Waals surface area contributed by atoms with Crippen molar-refractivity contribution in [2.75, 3.05) is 11.9 Å². The maximum atomic E-state index is 12.2. The zero-order valence-electron chi connectivity index (χ0n) is 13.0. The molecule has 2 rings (SSSR count). The van der Waals surface area contributed by atoms with Gasteiger partial charge in [-0.1, -0.05) is 6.92 Å². The summed E-state index contributed by atoms with van der Waals surface area (Å²) in [5.41, 5.74) is 1.36. The molecule has 0 fully saturated rings. The fourth-order valence-corrected chi connectivity index (χ4v) is 3.96. The number of carbonyl (C=O) groups excluding carboxylic acids is 2. The maximum Gasteiger partial charge on any atom is 0.341 e. The van der Waals surface area contributed by atoms with E-state index in [2.05, 4.69) is 12.2 Å². The smallest absolute Gasteiger partial charge is 0.341 e. The molecule has 1 atom stereocenters. The third kappa shape index (κ3) is 4.19. The topological polar surface area (TPSA) is 92.7 Å². The van der Waals surface area contributed by atoms with Crippen LogP contribution in [0.2, 0.25) is 0 Å². The highest BCUT2D eigenvalue weighted by Crippen LogP contribution is 2.40. The van der Waals surface area contributed by atoms with Crippen molar-refractivity contribution in [2.45, 2.75) is 33.1 Å². The third-order valence-electron chi connectivity index (χ3n) is 3.61. The molecule has 0 aliphatic heterocycles. The van der Waals surface area contributed by atoms with Gasteiger partial charge in [0.25, 0.3) is 0 Å². The zero-order valence-corrected chi connectivity index (χ0v) is 13.9. The Labute approximate surface area is 138 Å². The van der Waals surface area contributed by atoms with E-state index in [1.165, 1.54) is 11.3 Å². The van der Waals surface area contributed by atoms with Crippen LogP contribution >= 0.6 is 11.3 Å². The Bertz CT molecular complexity index is 662. The highest BCUT2D eigenvalue weighted by Gasteiger charge is 2.28. The van der Waals surface area contributed by atoms with Gasteiger partial charge in [-0.05, 0) is 37.7 Å². The first-order valence-electron chi connectivity index (χ1n) is 7.46. The Morgan fingerprint density at radius 1 is 1.39 bits per heavy atom. The van der Waals surface area contributed by atoms with Crippen molar-refractivity contribution in [1.82, 2.24) is 0 Å². The Kier molecular flexibility index (Phi) is 5.54. The van der Waals surface area contributed by atoms with Crippen molar-refractivity contribution in [1.29, 1.82) is 0 Å². The van der Waals surface area contributed by atoms with Crippen molar-refractivity contribution < 1.29 is 24.2 Å². The highest BCUT2D eigenvalue weighted by atomic mass is 32.1. The van der Waals surface area contributed by atoms with Gasteiger partial charge in [0.2, 0.25) is 5.91 Å². The normalized spacial score (nSPS) is 16.9. The summed E-state index contributed by atoms with van der Waals surface area (Å²) in [6.45, 7) is 4.14.